The van der Waals surface area contributed by atoms with E-state index in [1.165, 1.54) is 16.8 Å². The van der Waals surface area contributed by atoms with Crippen molar-refractivity contribution >= 4 is 46.0 Å². The summed E-state index contributed by atoms with van der Waals surface area (Å²) in [6.45, 7) is 12.6. The van der Waals surface area contributed by atoms with E-state index in [9.17, 15) is 14.4 Å². The van der Waals surface area contributed by atoms with Crippen molar-refractivity contribution in [2.45, 2.75) is 51.2 Å². The summed E-state index contributed by atoms with van der Waals surface area (Å²) >= 11 is 0. The van der Waals surface area contributed by atoms with E-state index in [4.69, 9.17) is 4.74 Å². The van der Waals surface area contributed by atoms with Crippen LogP contribution in [0.5, 0.6) is 0 Å². The summed E-state index contributed by atoms with van der Waals surface area (Å²) in [7, 11) is 1.62. The van der Waals surface area contributed by atoms with Gasteiger partial charge in [-0.15, -0.1) is 0 Å². The van der Waals surface area contributed by atoms with Crippen molar-refractivity contribution in [1.82, 2.24) is 24.2 Å². The van der Waals surface area contributed by atoms with Crippen LogP contribution in [0, 0.1) is 5.82 Å². The third-order valence-corrected chi connectivity index (χ3v) is 9.95. The highest BCUT2D eigenvalue weighted by Gasteiger charge is 2.32. The first kappa shape index (κ1) is 33.5. The fourth-order valence-corrected chi connectivity index (χ4v) is 6.94. The van der Waals surface area contributed by atoms with Crippen LogP contribution in [-0.2, 0) is 22.0 Å². The Morgan fingerprint density at radius 3 is 2.52 bits per heavy atom. The molecule has 7 rings (SSSR count). The van der Waals surface area contributed by atoms with Gasteiger partial charge in [0.1, 0.15) is 29.7 Å². The maximum absolute atomic E-state index is 15.4. The lowest BCUT2D eigenvalue weighted by Gasteiger charge is -2.46. The highest BCUT2D eigenvalue weighted by molar-refractivity contribution is 6.16. The van der Waals surface area contributed by atoms with Crippen LogP contribution in [0.2, 0.25) is 0 Å². The van der Waals surface area contributed by atoms with Gasteiger partial charge < -0.3 is 19.5 Å². The number of halogens is 1. The zero-order chi connectivity index (χ0) is 35.3. The molecule has 1 aromatic carbocycles. The second-order valence-corrected chi connectivity index (χ2v) is 14.4. The Bertz CT molecular complexity index is 2150. The third kappa shape index (κ3) is 6.15. The van der Waals surface area contributed by atoms with E-state index in [1.54, 1.807) is 31.6 Å². The van der Waals surface area contributed by atoms with Crippen LogP contribution < -0.4 is 21.3 Å². The van der Waals surface area contributed by atoms with Crippen LogP contribution in [0.4, 0.5) is 21.6 Å². The number of fused-ring (bicyclic) bond motifs is 1. The van der Waals surface area contributed by atoms with Crippen LogP contribution in [0.1, 0.15) is 44.9 Å². The van der Waals surface area contributed by atoms with E-state index in [-0.39, 0.29) is 34.2 Å². The lowest BCUT2D eigenvalue weighted by molar-refractivity contribution is -0.105. The smallest absolute Gasteiger partial charge is 0.278 e. The molecule has 260 valence electrons. The number of nitrogens with zero attached hydrogens (tertiary/aromatic N) is 7. The summed E-state index contributed by atoms with van der Waals surface area (Å²) in [5.41, 5.74) is 1.93. The molecule has 0 aliphatic carbocycles. The Kier molecular flexibility index (Phi) is 8.73. The number of allylic oxidation sites excluding steroid dienone is 1. The molecule has 0 radical (unpaired) electrons. The fourth-order valence-electron chi connectivity index (χ4n) is 6.94. The van der Waals surface area contributed by atoms with Gasteiger partial charge in [0, 0.05) is 67.2 Å². The molecule has 0 bridgehead atoms. The molecule has 12 nitrogen and oxygen atoms in total. The molecular weight excluding hydrogens is 639 g/mol. The predicted octanol–water partition coefficient (Wildman–Crippen LogP) is 3.86. The normalized spacial score (nSPS) is 20.3. The highest BCUT2D eigenvalue weighted by atomic mass is 19.1. The monoisotopic (exact) mass is 680 g/mol. The summed E-state index contributed by atoms with van der Waals surface area (Å²) in [6.07, 6.45) is 7.09. The van der Waals surface area contributed by atoms with Gasteiger partial charge in [0.15, 0.2) is 0 Å². The molecule has 2 fully saturated rings. The van der Waals surface area contributed by atoms with E-state index in [0.29, 0.717) is 40.7 Å². The number of rotatable bonds is 7. The van der Waals surface area contributed by atoms with Crippen LogP contribution >= 0.6 is 0 Å². The van der Waals surface area contributed by atoms with Crippen molar-refractivity contribution in [1.29, 1.82) is 0 Å². The summed E-state index contributed by atoms with van der Waals surface area (Å²) in [6, 6.07) is 8.58. The van der Waals surface area contributed by atoms with E-state index < -0.39 is 17.4 Å². The average molecular weight is 681 g/mol. The topological polar surface area (TPSA) is 127 Å². The summed E-state index contributed by atoms with van der Waals surface area (Å²) in [5, 5.41) is 7.81. The standard InChI is InChI=1S/C37H41FN8O4/c1-22-17-44(27-20-50-21-27)8-9-45(22)26-6-7-33(40-14-26)42-31-11-24(18-43(5)35(31)48)28-15-39-16-32(29(28)19-47)46-36(49)34-23(13-41-46)10-25(12-30(34)38)37(2,3)4/h6-7,10-15,18-19,22,27,32H,8-9,16-17,20-21H2,1-5H3,(H,40,42)/t22-,32?/m0/s1. The number of aldehydes is 1. The van der Waals surface area contributed by atoms with Gasteiger partial charge in [0.05, 0.1) is 49.3 Å². The van der Waals surface area contributed by atoms with Crippen LogP contribution in [-0.4, -0.2) is 88.2 Å². The van der Waals surface area contributed by atoms with Gasteiger partial charge in [-0.25, -0.2) is 14.1 Å². The Labute approximate surface area is 288 Å². The van der Waals surface area contributed by atoms with E-state index in [0.717, 1.165) is 48.8 Å². The summed E-state index contributed by atoms with van der Waals surface area (Å²) < 4.78 is 23.3. The van der Waals surface area contributed by atoms with Crippen molar-refractivity contribution in [3.8, 4) is 0 Å². The second kappa shape index (κ2) is 13.0. The molecule has 0 amide bonds. The summed E-state index contributed by atoms with van der Waals surface area (Å²) in [5.74, 6) is -0.152. The number of hydrogen-bond acceptors (Lipinski definition) is 10. The number of carbonyl (C=O) groups is 1. The largest absolute Gasteiger partial charge is 0.378 e. The van der Waals surface area contributed by atoms with E-state index in [1.807, 2.05) is 39.1 Å². The van der Waals surface area contributed by atoms with Gasteiger partial charge in [-0.2, -0.15) is 5.10 Å². The van der Waals surface area contributed by atoms with Crippen molar-refractivity contribution in [3.63, 3.8) is 0 Å². The maximum Gasteiger partial charge on any atom is 0.278 e. The number of hydrogen-bond donors (Lipinski definition) is 1. The Balaban J connectivity index is 1.16. The number of aliphatic imine (C=N–C) groups is 1. The minimum absolute atomic E-state index is 0.0630. The number of ether oxygens (including phenoxy) is 1. The molecule has 4 aromatic rings. The first-order chi connectivity index (χ1) is 23.9. The number of aromatic nitrogens is 4. The number of piperazine rings is 1. The third-order valence-electron chi connectivity index (χ3n) is 9.95. The molecule has 1 N–H and O–H groups in total. The molecule has 3 aromatic heterocycles. The number of dihydropyridines is 1. The number of pyridine rings is 2. The second-order valence-electron chi connectivity index (χ2n) is 14.4. The molecule has 2 atom stereocenters. The van der Waals surface area contributed by atoms with Gasteiger partial charge in [0.2, 0.25) is 0 Å². The van der Waals surface area contributed by atoms with Crippen LogP contribution in [0.3, 0.4) is 0 Å². The van der Waals surface area contributed by atoms with Gasteiger partial charge in [-0.05, 0) is 48.2 Å². The first-order valence-electron chi connectivity index (χ1n) is 16.9. The molecular formula is C37H41FN8O4. The Hall–Kier alpha value is -5.01. The SMILES string of the molecule is C[C@H]1CN(C2COC2)CCN1c1ccc(Nc2cc(C3=C(C=O)C(n4ncc5cc(C(C)(C)C)cc(F)c5c4=O)CN=C3)cn(C)c2=O)nc1. The lowest BCUT2D eigenvalue weighted by atomic mass is 9.86. The molecule has 50 heavy (non-hydrogen) atoms. The molecule has 3 aliphatic heterocycles. The number of aryl methyl sites for hydroxylation is 1. The minimum Gasteiger partial charge on any atom is -0.378 e. The van der Waals surface area contributed by atoms with Gasteiger partial charge in [-0.1, -0.05) is 20.8 Å². The zero-order valence-electron chi connectivity index (χ0n) is 28.9. The highest BCUT2D eigenvalue weighted by Crippen LogP contribution is 2.31. The Morgan fingerprint density at radius 2 is 1.86 bits per heavy atom. The average Bonchev–Trinajstić information content (AvgIpc) is 3.05. The molecule has 1 unspecified atom stereocenters. The summed E-state index contributed by atoms with van der Waals surface area (Å²) in [4.78, 5) is 53.5. The molecule has 13 heteroatoms. The van der Waals surface area contributed by atoms with Crippen molar-refractivity contribution in [3.05, 3.63) is 92.1 Å². The quantitative estimate of drug-likeness (QED) is 0.290. The number of nitrogens with one attached hydrogen (secondary N) is 1. The molecule has 2 saturated heterocycles. The number of carbonyl (C=O) groups excluding carboxylic acids is 1. The van der Waals surface area contributed by atoms with Crippen molar-refractivity contribution < 1.29 is 13.9 Å². The van der Waals surface area contributed by atoms with E-state index >= 15 is 4.39 Å². The fraction of sp³-hybridized carbons (Fsp3) is 0.405. The minimum atomic E-state index is -0.875. The molecule has 0 saturated carbocycles. The van der Waals surface area contributed by atoms with Crippen molar-refractivity contribution in [2.75, 3.05) is 49.6 Å². The van der Waals surface area contributed by atoms with Gasteiger partial charge in [0.25, 0.3) is 11.1 Å². The van der Waals surface area contributed by atoms with Crippen molar-refractivity contribution in [2.24, 2.45) is 12.0 Å². The Morgan fingerprint density at radius 1 is 1.06 bits per heavy atom. The van der Waals surface area contributed by atoms with Crippen LogP contribution in [0.25, 0.3) is 16.3 Å². The van der Waals surface area contributed by atoms with Crippen LogP contribution in [0.15, 0.2) is 69.1 Å². The first-order valence-corrected chi connectivity index (χ1v) is 16.9. The molecule has 3 aliphatic rings. The van der Waals surface area contributed by atoms with Gasteiger partial charge >= 0.3 is 0 Å². The lowest BCUT2D eigenvalue weighted by Crippen LogP contribution is -2.59. The predicted molar refractivity (Wildman–Crippen MR) is 192 cm³/mol. The zero-order valence-corrected chi connectivity index (χ0v) is 28.9. The van der Waals surface area contributed by atoms with E-state index in [2.05, 4.69) is 37.1 Å². The number of anilines is 3. The number of benzene rings is 1. The molecule has 6 heterocycles. The molecule has 0 spiro atoms. The van der Waals surface area contributed by atoms with Gasteiger partial charge in [-0.3, -0.25) is 24.3 Å². The maximum atomic E-state index is 15.4.